The van der Waals surface area contributed by atoms with Crippen molar-refractivity contribution in [2.45, 2.75) is 26.2 Å². The van der Waals surface area contributed by atoms with Crippen LogP contribution in [0.15, 0.2) is 66.7 Å². The molecule has 0 bridgehead atoms. The summed E-state index contributed by atoms with van der Waals surface area (Å²) in [7, 11) is 5.35. The van der Waals surface area contributed by atoms with Gasteiger partial charge in [0.25, 0.3) is 5.91 Å². The monoisotopic (exact) mass is 558 g/mol. The molecule has 0 aliphatic carbocycles. The summed E-state index contributed by atoms with van der Waals surface area (Å²) in [6, 6.07) is 19.2. The second kappa shape index (κ2) is 13.2. The number of fused-ring (bicyclic) bond motifs is 1. The molecule has 2 N–H and O–H groups in total. The van der Waals surface area contributed by atoms with Crippen LogP contribution in [-0.2, 0) is 25.5 Å². The van der Waals surface area contributed by atoms with Crippen molar-refractivity contribution in [1.29, 1.82) is 0 Å². The maximum absolute atomic E-state index is 13.9. The number of nitrogens with zero attached hydrogens (tertiary/aromatic N) is 2. The Kier molecular flexibility index (Phi) is 9.52. The number of carbonyl (C=O) groups excluding carboxylic acids is 3. The van der Waals surface area contributed by atoms with Crippen LogP contribution in [-0.4, -0.2) is 57.0 Å². The third-order valence-electron chi connectivity index (χ3n) is 6.85. The van der Waals surface area contributed by atoms with Crippen LogP contribution in [0.5, 0.6) is 0 Å². The van der Waals surface area contributed by atoms with Gasteiger partial charge in [-0.1, -0.05) is 18.2 Å². The van der Waals surface area contributed by atoms with E-state index < -0.39 is 5.82 Å². The SMILES string of the molecule is COC(=O)CCc1cccc(/C(Nc2ccc(N(CCCN(C)C)C(C)=O)cc2)=C2/C(=O)Nc3cc(F)ccc32)c1. The molecule has 0 radical (unpaired) electrons. The molecule has 0 fully saturated rings. The van der Waals surface area contributed by atoms with Gasteiger partial charge in [0.15, 0.2) is 0 Å². The number of nitrogens with one attached hydrogen (secondary N) is 2. The molecule has 1 aliphatic rings. The zero-order chi connectivity index (χ0) is 29.5. The Hall–Kier alpha value is -4.50. The minimum atomic E-state index is -0.444. The van der Waals surface area contributed by atoms with Crippen molar-refractivity contribution in [2.75, 3.05) is 49.8 Å². The van der Waals surface area contributed by atoms with Gasteiger partial charge in [0.1, 0.15) is 5.82 Å². The highest BCUT2D eigenvalue weighted by Gasteiger charge is 2.29. The van der Waals surface area contributed by atoms with Gasteiger partial charge in [0.2, 0.25) is 5.91 Å². The van der Waals surface area contributed by atoms with E-state index in [0.29, 0.717) is 41.2 Å². The van der Waals surface area contributed by atoms with E-state index in [2.05, 4.69) is 15.5 Å². The fraction of sp³-hybridized carbons (Fsp3) is 0.281. The van der Waals surface area contributed by atoms with E-state index in [-0.39, 0.29) is 24.2 Å². The van der Waals surface area contributed by atoms with Gasteiger partial charge in [-0.3, -0.25) is 14.4 Å². The molecule has 9 heteroatoms. The summed E-state index contributed by atoms with van der Waals surface area (Å²) in [6.07, 6.45) is 1.54. The standard InChI is InChI=1S/C32H35FN4O4/c1-21(38)37(18-6-17-36(2)3)26-13-11-25(12-14-26)34-31(23-8-5-7-22(19-23)9-16-29(39)41-4)30-27-15-10-24(33)20-28(27)35-32(30)40/h5,7-8,10-15,19-20,34H,6,9,16-18H2,1-4H3,(H,35,40)/b31-30-. The Morgan fingerprint density at radius 2 is 1.76 bits per heavy atom. The van der Waals surface area contributed by atoms with Crippen LogP contribution < -0.4 is 15.5 Å². The number of carbonyl (C=O) groups is 3. The highest BCUT2D eigenvalue weighted by molar-refractivity contribution is 6.37. The number of benzene rings is 3. The van der Waals surface area contributed by atoms with Crippen LogP contribution in [0, 0.1) is 5.82 Å². The molecule has 0 unspecified atom stereocenters. The number of amides is 2. The van der Waals surface area contributed by atoms with Gasteiger partial charge in [-0.2, -0.15) is 0 Å². The largest absolute Gasteiger partial charge is 0.469 e. The minimum absolute atomic E-state index is 0.0393. The summed E-state index contributed by atoms with van der Waals surface area (Å²) in [5.41, 5.74) is 5.01. The second-order valence-corrected chi connectivity index (χ2v) is 10.2. The molecule has 1 aliphatic heterocycles. The van der Waals surface area contributed by atoms with Gasteiger partial charge in [0, 0.05) is 36.8 Å². The fourth-order valence-corrected chi connectivity index (χ4v) is 4.79. The summed E-state index contributed by atoms with van der Waals surface area (Å²) >= 11 is 0. The van der Waals surface area contributed by atoms with Gasteiger partial charge in [-0.25, -0.2) is 4.39 Å². The number of aryl methyl sites for hydroxylation is 1. The van der Waals surface area contributed by atoms with Crippen molar-refractivity contribution >= 4 is 46.1 Å². The lowest BCUT2D eigenvalue weighted by Gasteiger charge is -2.23. The smallest absolute Gasteiger partial charge is 0.305 e. The van der Waals surface area contributed by atoms with E-state index in [0.717, 1.165) is 29.8 Å². The number of anilines is 3. The lowest BCUT2D eigenvalue weighted by molar-refractivity contribution is -0.140. The average Bonchev–Trinajstić information content (AvgIpc) is 3.27. The molecule has 0 atom stereocenters. The van der Waals surface area contributed by atoms with Gasteiger partial charge >= 0.3 is 5.97 Å². The van der Waals surface area contributed by atoms with E-state index >= 15 is 0 Å². The molecule has 8 nitrogen and oxygen atoms in total. The van der Waals surface area contributed by atoms with Gasteiger partial charge in [0.05, 0.1) is 24.1 Å². The van der Waals surface area contributed by atoms with Crippen molar-refractivity contribution < 1.29 is 23.5 Å². The Labute approximate surface area is 239 Å². The molecule has 2 amide bonds. The molecule has 0 saturated carbocycles. The van der Waals surface area contributed by atoms with Crippen LogP contribution in [0.25, 0.3) is 11.3 Å². The van der Waals surface area contributed by atoms with E-state index in [1.165, 1.54) is 19.2 Å². The fourth-order valence-electron chi connectivity index (χ4n) is 4.79. The molecule has 0 saturated heterocycles. The maximum Gasteiger partial charge on any atom is 0.305 e. The summed E-state index contributed by atoms with van der Waals surface area (Å²) in [5, 5.41) is 6.17. The number of hydrogen-bond donors (Lipinski definition) is 2. The summed E-state index contributed by atoms with van der Waals surface area (Å²) < 4.78 is 18.7. The maximum atomic E-state index is 13.9. The Morgan fingerprint density at radius 1 is 1.00 bits per heavy atom. The molecule has 3 aromatic carbocycles. The zero-order valence-corrected chi connectivity index (χ0v) is 23.8. The highest BCUT2D eigenvalue weighted by Crippen LogP contribution is 2.38. The quantitative estimate of drug-likeness (QED) is 0.249. The molecule has 41 heavy (non-hydrogen) atoms. The van der Waals surface area contributed by atoms with Crippen LogP contribution in [0.1, 0.15) is 36.5 Å². The summed E-state index contributed by atoms with van der Waals surface area (Å²) in [5.74, 6) is -1.14. The Balaban J connectivity index is 1.70. The number of hydrogen-bond acceptors (Lipinski definition) is 6. The second-order valence-electron chi connectivity index (χ2n) is 10.2. The normalized spacial score (nSPS) is 13.5. The van der Waals surface area contributed by atoms with Gasteiger partial charge < -0.3 is 25.2 Å². The van der Waals surface area contributed by atoms with Crippen LogP contribution in [0.2, 0.25) is 0 Å². The van der Waals surface area contributed by atoms with Crippen LogP contribution in [0.4, 0.5) is 21.5 Å². The lowest BCUT2D eigenvalue weighted by Crippen LogP contribution is -2.31. The first-order valence-electron chi connectivity index (χ1n) is 13.5. The van der Waals surface area contributed by atoms with Crippen molar-refractivity contribution in [3.8, 4) is 0 Å². The number of halogens is 1. The molecule has 1 heterocycles. The molecule has 3 aromatic rings. The van der Waals surface area contributed by atoms with E-state index in [9.17, 15) is 18.8 Å². The topological polar surface area (TPSA) is 91.0 Å². The van der Waals surface area contributed by atoms with Crippen LogP contribution >= 0.6 is 0 Å². The van der Waals surface area contributed by atoms with Crippen molar-refractivity contribution in [2.24, 2.45) is 0 Å². The molecular formula is C32H35FN4O4. The highest BCUT2D eigenvalue weighted by atomic mass is 19.1. The molecular weight excluding hydrogens is 523 g/mol. The first kappa shape index (κ1) is 29.5. The molecule has 0 aromatic heterocycles. The minimum Gasteiger partial charge on any atom is -0.469 e. The number of methoxy groups -OCH3 is 1. The van der Waals surface area contributed by atoms with Crippen molar-refractivity contribution in [3.63, 3.8) is 0 Å². The average molecular weight is 559 g/mol. The molecule has 4 rings (SSSR count). The summed E-state index contributed by atoms with van der Waals surface area (Å²) in [4.78, 5) is 41.1. The van der Waals surface area contributed by atoms with E-state index in [1.54, 1.807) is 17.9 Å². The molecule has 0 spiro atoms. The van der Waals surface area contributed by atoms with E-state index in [1.807, 2.05) is 62.6 Å². The zero-order valence-electron chi connectivity index (χ0n) is 23.8. The van der Waals surface area contributed by atoms with Crippen LogP contribution in [0.3, 0.4) is 0 Å². The first-order chi connectivity index (χ1) is 19.7. The molecule has 214 valence electrons. The Bertz CT molecular complexity index is 1470. The van der Waals surface area contributed by atoms with Gasteiger partial charge in [-0.05, 0) is 93.1 Å². The summed E-state index contributed by atoms with van der Waals surface area (Å²) in [6.45, 7) is 3.02. The first-order valence-corrected chi connectivity index (χ1v) is 13.5. The number of esters is 1. The van der Waals surface area contributed by atoms with E-state index in [4.69, 9.17) is 4.74 Å². The number of ether oxygens (including phenoxy) is 1. The predicted octanol–water partition coefficient (Wildman–Crippen LogP) is 5.17. The van der Waals surface area contributed by atoms with Crippen molar-refractivity contribution in [3.05, 3.63) is 89.2 Å². The van der Waals surface area contributed by atoms with Gasteiger partial charge in [-0.15, -0.1) is 0 Å². The number of rotatable bonds is 11. The Morgan fingerprint density at radius 3 is 2.44 bits per heavy atom. The third kappa shape index (κ3) is 7.37. The predicted molar refractivity (Wildman–Crippen MR) is 160 cm³/mol. The third-order valence-corrected chi connectivity index (χ3v) is 6.85. The lowest BCUT2D eigenvalue weighted by atomic mass is 9.97. The van der Waals surface area contributed by atoms with Crippen molar-refractivity contribution in [1.82, 2.24) is 4.90 Å².